The number of ether oxygens (including phenoxy) is 4. The Balaban J connectivity index is 1.73. The van der Waals surface area contributed by atoms with Crippen LogP contribution in [0.5, 0.6) is 0 Å². The summed E-state index contributed by atoms with van der Waals surface area (Å²) in [6.07, 6.45) is -0.709. The number of fused-ring (bicyclic) bond motifs is 1. The zero-order valence-electron chi connectivity index (χ0n) is 15.2. The number of rotatable bonds is 6. The van der Waals surface area contributed by atoms with E-state index in [1.54, 1.807) is 0 Å². The van der Waals surface area contributed by atoms with Gasteiger partial charge >= 0.3 is 0 Å². The lowest BCUT2D eigenvalue weighted by Gasteiger charge is -2.28. The molecule has 0 aliphatic carbocycles. The van der Waals surface area contributed by atoms with Crippen molar-refractivity contribution in [2.45, 2.75) is 83.6 Å². The van der Waals surface area contributed by atoms with Crippen molar-refractivity contribution in [3.8, 4) is 0 Å². The number of aliphatic hydroxyl groups is 1. The maximum absolute atomic E-state index is 10.3. The van der Waals surface area contributed by atoms with Gasteiger partial charge in [-0.25, -0.2) is 0 Å². The Labute approximate surface area is 157 Å². The third kappa shape index (κ3) is 4.10. The summed E-state index contributed by atoms with van der Waals surface area (Å²) in [5, 5.41) is 10.3. The Bertz CT molecular complexity index is 605. The number of hydrogen-bond acceptors (Lipinski definition) is 5. The highest BCUT2D eigenvalue weighted by molar-refractivity contribution is 9.10. The van der Waals surface area contributed by atoms with Gasteiger partial charge in [-0.15, -0.1) is 0 Å². The van der Waals surface area contributed by atoms with Crippen molar-refractivity contribution in [2.75, 3.05) is 0 Å². The molecule has 1 N–H and O–H groups in total. The fraction of sp³-hybridized carbons (Fsp3) is 0.684. The molecule has 2 aliphatic heterocycles. The third-order valence-corrected chi connectivity index (χ3v) is 5.53. The molecular formula is C19H27BrO5. The molecule has 6 heteroatoms. The molecule has 5 nitrogen and oxygen atoms in total. The first-order valence-electron chi connectivity index (χ1n) is 8.92. The van der Waals surface area contributed by atoms with Gasteiger partial charge in [0.15, 0.2) is 12.1 Å². The van der Waals surface area contributed by atoms with Crippen molar-refractivity contribution < 1.29 is 24.1 Å². The van der Waals surface area contributed by atoms with E-state index in [0.717, 1.165) is 16.5 Å². The number of halogens is 1. The van der Waals surface area contributed by atoms with E-state index < -0.39 is 24.3 Å². The minimum atomic E-state index is -0.702. The minimum Gasteiger partial charge on any atom is -0.390 e. The fourth-order valence-electron chi connectivity index (χ4n) is 3.42. The van der Waals surface area contributed by atoms with Crippen molar-refractivity contribution >= 4 is 15.9 Å². The van der Waals surface area contributed by atoms with Crippen LogP contribution >= 0.6 is 15.9 Å². The molecule has 0 amide bonds. The summed E-state index contributed by atoms with van der Waals surface area (Å²) in [7, 11) is 0. The summed E-state index contributed by atoms with van der Waals surface area (Å²) in [5.41, 5.74) is 2.33. The highest BCUT2D eigenvalue weighted by Gasteiger charge is 2.56. The lowest BCUT2D eigenvalue weighted by molar-refractivity contribution is -0.230. The van der Waals surface area contributed by atoms with Gasteiger partial charge in [0.1, 0.15) is 18.3 Å². The molecule has 0 unspecified atom stereocenters. The molecule has 0 aromatic heterocycles. The summed E-state index contributed by atoms with van der Waals surface area (Å²) >= 11 is 3.56. The van der Waals surface area contributed by atoms with Crippen molar-refractivity contribution in [1.29, 1.82) is 0 Å². The van der Waals surface area contributed by atoms with Crippen LogP contribution in [0.15, 0.2) is 22.7 Å². The van der Waals surface area contributed by atoms with Crippen LogP contribution in [0.3, 0.4) is 0 Å². The second-order valence-corrected chi connectivity index (χ2v) is 7.95. The summed E-state index contributed by atoms with van der Waals surface area (Å²) in [6, 6.07) is 6.22. The zero-order chi connectivity index (χ0) is 18.2. The van der Waals surface area contributed by atoms with Crippen LogP contribution in [0.25, 0.3) is 0 Å². The Morgan fingerprint density at radius 2 is 2.04 bits per heavy atom. The first-order chi connectivity index (χ1) is 11.8. The van der Waals surface area contributed by atoms with Gasteiger partial charge in [-0.3, -0.25) is 0 Å². The van der Waals surface area contributed by atoms with Crippen molar-refractivity contribution in [3.63, 3.8) is 0 Å². The van der Waals surface area contributed by atoms with E-state index in [9.17, 15) is 5.11 Å². The maximum Gasteiger partial charge on any atom is 0.190 e. The average molecular weight is 415 g/mol. The zero-order valence-corrected chi connectivity index (χ0v) is 16.8. The Morgan fingerprint density at radius 1 is 1.28 bits per heavy atom. The smallest absolute Gasteiger partial charge is 0.190 e. The quantitative estimate of drug-likeness (QED) is 0.770. The van der Waals surface area contributed by atoms with Crippen LogP contribution in [0, 0.1) is 0 Å². The maximum atomic E-state index is 10.3. The number of aryl methyl sites for hydroxylation is 1. The predicted molar refractivity (Wildman–Crippen MR) is 97.1 cm³/mol. The molecule has 2 saturated heterocycles. The van der Waals surface area contributed by atoms with Crippen molar-refractivity contribution in [3.05, 3.63) is 33.8 Å². The van der Waals surface area contributed by atoms with Crippen LogP contribution < -0.4 is 0 Å². The molecule has 140 valence electrons. The monoisotopic (exact) mass is 414 g/mol. The molecule has 1 aromatic rings. The van der Waals surface area contributed by atoms with Crippen LogP contribution in [0.4, 0.5) is 0 Å². The topological polar surface area (TPSA) is 57.2 Å². The molecular weight excluding hydrogens is 388 g/mol. The van der Waals surface area contributed by atoms with Crippen LogP contribution in [0.1, 0.15) is 45.2 Å². The molecule has 2 aliphatic rings. The van der Waals surface area contributed by atoms with E-state index in [2.05, 4.69) is 28.9 Å². The van der Waals surface area contributed by atoms with Gasteiger partial charge < -0.3 is 24.1 Å². The standard InChI is InChI=1S/C19H27BrO5/c1-5-12-9-11(7-8-13(12)20)10-22-16-15(14(21)6-2)23-18-17(16)24-19(3,4)25-18/h7-9,14-18,21H,5-6,10H2,1-4H3/t14-,15-,16+,17-,18-/m1/s1. The normalized spacial score (nSPS) is 31.9. The van der Waals surface area contributed by atoms with Gasteiger partial charge in [0, 0.05) is 4.47 Å². The highest BCUT2D eigenvalue weighted by Crippen LogP contribution is 2.40. The molecule has 0 saturated carbocycles. The largest absolute Gasteiger partial charge is 0.390 e. The lowest BCUT2D eigenvalue weighted by Crippen LogP contribution is -2.42. The van der Waals surface area contributed by atoms with E-state index in [1.807, 2.05) is 32.9 Å². The van der Waals surface area contributed by atoms with E-state index in [-0.39, 0.29) is 12.2 Å². The van der Waals surface area contributed by atoms with Crippen LogP contribution in [-0.4, -0.2) is 41.6 Å². The van der Waals surface area contributed by atoms with Gasteiger partial charge in [0.05, 0.1) is 12.7 Å². The molecule has 0 radical (unpaired) electrons. The molecule has 0 spiro atoms. The summed E-state index contributed by atoms with van der Waals surface area (Å²) in [5.74, 6) is -0.702. The fourth-order valence-corrected chi connectivity index (χ4v) is 3.94. The van der Waals surface area contributed by atoms with Gasteiger partial charge in [-0.2, -0.15) is 0 Å². The molecule has 3 rings (SSSR count). The average Bonchev–Trinajstić information content (AvgIpc) is 3.05. The molecule has 2 fully saturated rings. The van der Waals surface area contributed by atoms with Gasteiger partial charge in [0.25, 0.3) is 0 Å². The molecule has 1 aromatic carbocycles. The van der Waals surface area contributed by atoms with E-state index in [0.29, 0.717) is 13.0 Å². The molecule has 5 atom stereocenters. The minimum absolute atomic E-state index is 0.331. The molecule has 2 heterocycles. The summed E-state index contributed by atoms with van der Waals surface area (Å²) in [6.45, 7) is 8.21. The van der Waals surface area contributed by atoms with Gasteiger partial charge in [-0.05, 0) is 43.9 Å². The third-order valence-electron chi connectivity index (χ3n) is 4.76. The number of hydrogen-bond donors (Lipinski definition) is 1. The molecule has 0 bridgehead atoms. The second kappa shape index (κ2) is 7.62. The Hall–Kier alpha value is -0.500. The van der Waals surface area contributed by atoms with Gasteiger partial charge in [0.2, 0.25) is 0 Å². The van der Waals surface area contributed by atoms with Crippen LogP contribution in [0.2, 0.25) is 0 Å². The Morgan fingerprint density at radius 3 is 2.72 bits per heavy atom. The number of benzene rings is 1. The van der Waals surface area contributed by atoms with E-state index in [1.165, 1.54) is 5.56 Å². The van der Waals surface area contributed by atoms with Crippen molar-refractivity contribution in [1.82, 2.24) is 0 Å². The predicted octanol–water partition coefficient (Wildman–Crippen LogP) is 3.54. The van der Waals surface area contributed by atoms with E-state index >= 15 is 0 Å². The summed E-state index contributed by atoms with van der Waals surface area (Å²) in [4.78, 5) is 0. The SMILES string of the molecule is CCc1cc(CO[C@@H]2[C@H]3OC(C)(C)O[C@H]3O[C@@H]2[C@H](O)CC)ccc1Br. The first-order valence-corrected chi connectivity index (χ1v) is 9.72. The van der Waals surface area contributed by atoms with Gasteiger partial charge in [-0.1, -0.05) is 41.9 Å². The summed E-state index contributed by atoms with van der Waals surface area (Å²) < 4.78 is 24.9. The first kappa shape index (κ1) is 19.3. The highest BCUT2D eigenvalue weighted by atomic mass is 79.9. The number of aliphatic hydroxyl groups excluding tert-OH is 1. The lowest BCUT2D eigenvalue weighted by atomic mass is 10.0. The van der Waals surface area contributed by atoms with E-state index in [4.69, 9.17) is 18.9 Å². The van der Waals surface area contributed by atoms with Crippen LogP contribution in [-0.2, 0) is 32.0 Å². The van der Waals surface area contributed by atoms with Crippen molar-refractivity contribution in [2.24, 2.45) is 0 Å². The Kier molecular flexibility index (Phi) is 5.88. The second-order valence-electron chi connectivity index (χ2n) is 7.10. The molecule has 25 heavy (non-hydrogen) atoms.